The van der Waals surface area contributed by atoms with Crippen molar-refractivity contribution in [1.82, 2.24) is 0 Å². The third-order valence-corrected chi connectivity index (χ3v) is 4.64. The van der Waals surface area contributed by atoms with Gasteiger partial charge in [-0.25, -0.2) is 0 Å². The fraction of sp³-hybridized carbons (Fsp3) is 0. The monoisotopic (exact) mass is 347 g/mol. The second kappa shape index (κ2) is 7.19. The highest BCUT2D eigenvalue weighted by Gasteiger charge is 2.10. The summed E-state index contributed by atoms with van der Waals surface area (Å²) < 4.78 is 0. The molecule has 0 unspecified atom stereocenters. The van der Waals surface area contributed by atoms with Gasteiger partial charge in [-0.1, -0.05) is 84.9 Å². The number of rotatable bonds is 3. The first-order valence-electron chi connectivity index (χ1n) is 8.74. The standard InChI is InChI=1S/C25H17NO/c26-17-18-6-4-9-22(16-18)19-12-14-21(15-13-19)24-11-5-10-23(25(24)27)20-7-2-1-3-8-20/h1-16,27H. The molecule has 0 saturated carbocycles. The maximum Gasteiger partial charge on any atom is 0.131 e. The number of hydrogen-bond donors (Lipinski definition) is 1. The van der Waals surface area contributed by atoms with Gasteiger partial charge in [-0.15, -0.1) is 0 Å². The predicted octanol–water partition coefficient (Wildman–Crippen LogP) is 6.26. The van der Waals surface area contributed by atoms with Crippen LogP contribution in [0.5, 0.6) is 5.75 Å². The van der Waals surface area contributed by atoms with E-state index >= 15 is 0 Å². The zero-order chi connectivity index (χ0) is 18.6. The van der Waals surface area contributed by atoms with Crippen LogP contribution in [0.25, 0.3) is 33.4 Å². The molecule has 0 atom stereocenters. The van der Waals surface area contributed by atoms with Gasteiger partial charge in [0.1, 0.15) is 5.75 Å². The van der Waals surface area contributed by atoms with Crippen LogP contribution in [-0.2, 0) is 0 Å². The quantitative estimate of drug-likeness (QED) is 0.475. The minimum Gasteiger partial charge on any atom is -0.507 e. The minimum atomic E-state index is 0.280. The number of nitriles is 1. The smallest absolute Gasteiger partial charge is 0.131 e. The molecule has 0 saturated heterocycles. The maximum atomic E-state index is 10.8. The molecule has 2 heteroatoms. The third-order valence-electron chi connectivity index (χ3n) is 4.64. The number of aromatic hydroxyl groups is 1. The molecule has 4 rings (SSSR count). The molecule has 0 fully saturated rings. The van der Waals surface area contributed by atoms with Gasteiger partial charge < -0.3 is 5.11 Å². The molecule has 0 aliphatic rings. The number of phenolic OH excluding ortho intramolecular Hbond substituents is 1. The van der Waals surface area contributed by atoms with Gasteiger partial charge in [0.25, 0.3) is 0 Å². The zero-order valence-corrected chi connectivity index (χ0v) is 14.6. The van der Waals surface area contributed by atoms with Crippen LogP contribution in [0.2, 0.25) is 0 Å². The molecule has 128 valence electrons. The third kappa shape index (κ3) is 3.31. The second-order valence-electron chi connectivity index (χ2n) is 6.34. The molecular formula is C25H17NO. The van der Waals surface area contributed by atoms with E-state index in [1.54, 1.807) is 6.07 Å². The van der Waals surface area contributed by atoms with Crippen LogP contribution in [0.4, 0.5) is 0 Å². The van der Waals surface area contributed by atoms with Crippen molar-refractivity contribution in [1.29, 1.82) is 5.26 Å². The molecule has 0 aliphatic heterocycles. The lowest BCUT2D eigenvalue weighted by molar-refractivity contribution is 0.479. The van der Waals surface area contributed by atoms with Crippen LogP contribution in [0.1, 0.15) is 5.56 Å². The van der Waals surface area contributed by atoms with Crippen molar-refractivity contribution in [2.24, 2.45) is 0 Å². The van der Waals surface area contributed by atoms with Crippen LogP contribution in [0.15, 0.2) is 97.1 Å². The predicted molar refractivity (Wildman–Crippen MR) is 109 cm³/mol. The van der Waals surface area contributed by atoms with Crippen molar-refractivity contribution in [2.75, 3.05) is 0 Å². The summed E-state index contributed by atoms with van der Waals surface area (Å²) in [5.41, 5.74) is 6.24. The molecule has 0 heterocycles. The van der Waals surface area contributed by atoms with Crippen molar-refractivity contribution in [2.45, 2.75) is 0 Å². The van der Waals surface area contributed by atoms with Gasteiger partial charge in [0.05, 0.1) is 11.6 Å². The molecule has 0 radical (unpaired) electrons. The molecule has 2 nitrogen and oxygen atoms in total. The Morgan fingerprint density at radius 3 is 1.78 bits per heavy atom. The van der Waals surface area contributed by atoms with Gasteiger partial charge in [-0.3, -0.25) is 0 Å². The molecular weight excluding hydrogens is 330 g/mol. The number of nitrogens with zero attached hydrogens (tertiary/aromatic N) is 1. The molecule has 0 spiro atoms. The molecule has 4 aromatic rings. The maximum absolute atomic E-state index is 10.8. The molecule has 4 aromatic carbocycles. The van der Waals surface area contributed by atoms with E-state index in [4.69, 9.17) is 5.26 Å². The summed E-state index contributed by atoms with van der Waals surface area (Å²) in [5, 5.41) is 19.9. The van der Waals surface area contributed by atoms with Gasteiger partial charge in [0.15, 0.2) is 0 Å². The number of hydrogen-bond acceptors (Lipinski definition) is 2. The fourth-order valence-electron chi connectivity index (χ4n) is 3.24. The minimum absolute atomic E-state index is 0.280. The molecule has 0 bridgehead atoms. The van der Waals surface area contributed by atoms with E-state index in [-0.39, 0.29) is 5.75 Å². The number of benzene rings is 4. The number of phenols is 1. The Kier molecular flexibility index (Phi) is 4.43. The molecule has 0 aliphatic carbocycles. The SMILES string of the molecule is N#Cc1cccc(-c2ccc(-c3cccc(-c4ccccc4)c3O)cc2)c1. The molecule has 27 heavy (non-hydrogen) atoms. The Morgan fingerprint density at radius 2 is 1.11 bits per heavy atom. The summed E-state index contributed by atoms with van der Waals surface area (Å²) >= 11 is 0. The van der Waals surface area contributed by atoms with Crippen LogP contribution in [0, 0.1) is 11.3 Å². The lowest BCUT2D eigenvalue weighted by Crippen LogP contribution is -1.85. The Morgan fingerprint density at radius 1 is 0.556 bits per heavy atom. The first kappa shape index (κ1) is 16.6. The highest BCUT2D eigenvalue weighted by atomic mass is 16.3. The summed E-state index contributed by atoms with van der Waals surface area (Å²) in [6.07, 6.45) is 0. The van der Waals surface area contributed by atoms with Gasteiger partial charge in [0.2, 0.25) is 0 Å². The Labute approximate surface area is 158 Å². The first-order chi connectivity index (χ1) is 13.3. The zero-order valence-electron chi connectivity index (χ0n) is 14.6. The van der Waals surface area contributed by atoms with E-state index in [0.717, 1.165) is 33.4 Å². The van der Waals surface area contributed by atoms with Gasteiger partial charge in [-0.2, -0.15) is 5.26 Å². The van der Waals surface area contributed by atoms with E-state index < -0.39 is 0 Å². The lowest BCUT2D eigenvalue weighted by Gasteiger charge is -2.11. The van der Waals surface area contributed by atoms with Crippen molar-refractivity contribution in [3.8, 4) is 45.2 Å². The fourth-order valence-corrected chi connectivity index (χ4v) is 3.24. The van der Waals surface area contributed by atoms with Crippen LogP contribution in [0.3, 0.4) is 0 Å². The van der Waals surface area contributed by atoms with Gasteiger partial charge in [-0.05, 0) is 34.4 Å². The highest BCUT2D eigenvalue weighted by molar-refractivity contribution is 5.82. The largest absolute Gasteiger partial charge is 0.507 e. The van der Waals surface area contributed by atoms with Crippen molar-refractivity contribution < 1.29 is 5.11 Å². The Bertz CT molecular complexity index is 1120. The van der Waals surface area contributed by atoms with E-state index in [2.05, 4.69) is 6.07 Å². The Hall–Kier alpha value is -3.83. The average Bonchev–Trinajstić information content (AvgIpc) is 2.75. The molecule has 1 N–H and O–H groups in total. The van der Waals surface area contributed by atoms with Crippen LogP contribution in [-0.4, -0.2) is 5.11 Å². The lowest BCUT2D eigenvalue weighted by atomic mass is 9.95. The molecule has 0 amide bonds. The highest BCUT2D eigenvalue weighted by Crippen LogP contribution is 2.38. The second-order valence-corrected chi connectivity index (χ2v) is 6.34. The van der Waals surface area contributed by atoms with E-state index in [1.807, 2.05) is 91.0 Å². The summed E-state index contributed by atoms with van der Waals surface area (Å²) in [7, 11) is 0. The first-order valence-corrected chi connectivity index (χ1v) is 8.74. The van der Waals surface area contributed by atoms with Crippen LogP contribution < -0.4 is 0 Å². The van der Waals surface area contributed by atoms with Crippen molar-refractivity contribution >= 4 is 0 Å². The van der Waals surface area contributed by atoms with E-state index in [1.165, 1.54) is 0 Å². The van der Waals surface area contributed by atoms with E-state index in [9.17, 15) is 5.11 Å². The summed E-state index contributed by atoms with van der Waals surface area (Å²) in [5.74, 6) is 0.280. The average molecular weight is 347 g/mol. The topological polar surface area (TPSA) is 44.0 Å². The summed E-state index contributed by atoms with van der Waals surface area (Å²) in [4.78, 5) is 0. The summed E-state index contributed by atoms with van der Waals surface area (Å²) in [6, 6.07) is 33.4. The number of para-hydroxylation sites is 1. The normalized spacial score (nSPS) is 10.3. The van der Waals surface area contributed by atoms with Crippen molar-refractivity contribution in [3.05, 3.63) is 103 Å². The van der Waals surface area contributed by atoms with Crippen molar-refractivity contribution in [3.63, 3.8) is 0 Å². The van der Waals surface area contributed by atoms with Crippen LogP contribution >= 0.6 is 0 Å². The molecule has 0 aromatic heterocycles. The van der Waals surface area contributed by atoms with Gasteiger partial charge in [0, 0.05) is 11.1 Å². The van der Waals surface area contributed by atoms with E-state index in [0.29, 0.717) is 5.56 Å². The van der Waals surface area contributed by atoms with Gasteiger partial charge >= 0.3 is 0 Å². The Balaban J connectivity index is 1.72. The summed E-state index contributed by atoms with van der Waals surface area (Å²) in [6.45, 7) is 0.